The van der Waals surface area contributed by atoms with E-state index in [-0.39, 0.29) is 23.8 Å². The molecular formula is C35H37Cl2N3O4S. The second kappa shape index (κ2) is 14.5. The SMILES string of the molecule is Cc1ccccc1N(CC(=O)N(Cc1ccc(Cl)c(Cl)c1)C(Cc1ccccc1)C(=O)NC(C)(C)C)S(=O)(=O)c1ccccc1. The van der Waals surface area contributed by atoms with Gasteiger partial charge in [-0.05, 0) is 74.7 Å². The van der Waals surface area contributed by atoms with E-state index in [4.69, 9.17) is 23.2 Å². The molecule has 0 bridgehead atoms. The number of hydrogen-bond donors (Lipinski definition) is 1. The molecule has 1 unspecified atom stereocenters. The largest absolute Gasteiger partial charge is 0.350 e. The predicted molar refractivity (Wildman–Crippen MR) is 181 cm³/mol. The Kier molecular flexibility index (Phi) is 11.0. The molecule has 0 aromatic heterocycles. The number of aryl methyl sites for hydroxylation is 1. The van der Waals surface area contributed by atoms with Gasteiger partial charge in [0.15, 0.2) is 0 Å². The van der Waals surface area contributed by atoms with Crippen LogP contribution in [0, 0.1) is 6.92 Å². The third-order valence-corrected chi connectivity index (χ3v) is 9.61. The number of halogens is 2. The van der Waals surface area contributed by atoms with Crippen molar-refractivity contribution in [3.05, 3.63) is 130 Å². The Labute approximate surface area is 275 Å². The molecule has 0 saturated carbocycles. The lowest BCUT2D eigenvalue weighted by Crippen LogP contribution is -2.56. The van der Waals surface area contributed by atoms with E-state index in [2.05, 4.69) is 5.32 Å². The number of nitrogens with zero attached hydrogens (tertiary/aromatic N) is 2. The number of rotatable bonds is 11. The van der Waals surface area contributed by atoms with Gasteiger partial charge in [0.05, 0.1) is 20.6 Å². The minimum atomic E-state index is -4.18. The Hall–Kier alpha value is -3.85. The highest BCUT2D eigenvalue weighted by molar-refractivity contribution is 7.92. The van der Waals surface area contributed by atoms with Gasteiger partial charge in [-0.2, -0.15) is 0 Å². The van der Waals surface area contributed by atoms with Gasteiger partial charge in [-0.25, -0.2) is 8.42 Å². The van der Waals surface area contributed by atoms with Crippen LogP contribution in [0.5, 0.6) is 0 Å². The van der Waals surface area contributed by atoms with Gasteiger partial charge in [-0.1, -0.05) is 96.0 Å². The molecule has 2 amide bonds. The normalized spacial score (nSPS) is 12.3. The molecule has 0 radical (unpaired) electrons. The minimum absolute atomic E-state index is 0.0161. The molecule has 0 aliphatic carbocycles. The van der Waals surface area contributed by atoms with Crippen molar-refractivity contribution in [2.75, 3.05) is 10.8 Å². The maximum atomic E-state index is 14.6. The van der Waals surface area contributed by atoms with Gasteiger partial charge in [-0.15, -0.1) is 0 Å². The summed E-state index contributed by atoms with van der Waals surface area (Å²) in [4.78, 5) is 30.0. The van der Waals surface area contributed by atoms with E-state index in [1.165, 1.54) is 17.0 Å². The van der Waals surface area contributed by atoms with Crippen molar-refractivity contribution in [1.29, 1.82) is 0 Å². The summed E-state index contributed by atoms with van der Waals surface area (Å²) < 4.78 is 29.3. The molecular weight excluding hydrogens is 629 g/mol. The number of anilines is 1. The highest BCUT2D eigenvalue weighted by Crippen LogP contribution is 2.28. The first-order valence-corrected chi connectivity index (χ1v) is 16.7. The van der Waals surface area contributed by atoms with E-state index in [1.807, 2.05) is 51.1 Å². The van der Waals surface area contributed by atoms with E-state index < -0.39 is 34.1 Å². The van der Waals surface area contributed by atoms with Gasteiger partial charge in [-0.3, -0.25) is 13.9 Å². The van der Waals surface area contributed by atoms with Gasteiger partial charge in [0.2, 0.25) is 11.8 Å². The van der Waals surface area contributed by atoms with Crippen LogP contribution in [0.3, 0.4) is 0 Å². The second-order valence-corrected chi connectivity index (χ2v) is 14.5. The molecule has 0 fully saturated rings. The van der Waals surface area contributed by atoms with Gasteiger partial charge in [0.25, 0.3) is 10.0 Å². The topological polar surface area (TPSA) is 86.8 Å². The van der Waals surface area contributed by atoms with Crippen LogP contribution in [0.2, 0.25) is 10.0 Å². The zero-order valence-corrected chi connectivity index (χ0v) is 28.0. The van der Waals surface area contributed by atoms with Crippen molar-refractivity contribution >= 4 is 50.7 Å². The van der Waals surface area contributed by atoms with Crippen LogP contribution in [-0.4, -0.2) is 43.3 Å². The maximum Gasteiger partial charge on any atom is 0.264 e. The second-order valence-electron chi connectivity index (χ2n) is 11.8. The highest BCUT2D eigenvalue weighted by atomic mass is 35.5. The molecule has 4 rings (SSSR count). The van der Waals surface area contributed by atoms with E-state index in [0.717, 1.165) is 9.87 Å². The van der Waals surface area contributed by atoms with Crippen LogP contribution in [-0.2, 0) is 32.6 Å². The Bertz CT molecular complexity index is 1740. The zero-order chi connectivity index (χ0) is 32.8. The fourth-order valence-electron chi connectivity index (χ4n) is 4.92. The number of carbonyl (C=O) groups excluding carboxylic acids is 2. The van der Waals surface area contributed by atoms with Crippen molar-refractivity contribution < 1.29 is 18.0 Å². The highest BCUT2D eigenvalue weighted by Gasteiger charge is 2.36. The molecule has 7 nitrogen and oxygen atoms in total. The van der Waals surface area contributed by atoms with E-state index in [9.17, 15) is 18.0 Å². The molecule has 1 atom stereocenters. The summed E-state index contributed by atoms with van der Waals surface area (Å²) >= 11 is 12.5. The first-order chi connectivity index (χ1) is 21.3. The quantitative estimate of drug-likeness (QED) is 0.186. The summed E-state index contributed by atoms with van der Waals surface area (Å²) in [5, 5.41) is 3.67. The van der Waals surface area contributed by atoms with Crippen molar-refractivity contribution in [3.63, 3.8) is 0 Å². The first-order valence-electron chi connectivity index (χ1n) is 14.5. The molecule has 0 saturated heterocycles. The van der Waals surface area contributed by atoms with Crippen LogP contribution < -0.4 is 9.62 Å². The molecule has 0 spiro atoms. The van der Waals surface area contributed by atoms with Crippen molar-refractivity contribution in [1.82, 2.24) is 10.2 Å². The molecule has 45 heavy (non-hydrogen) atoms. The summed E-state index contributed by atoms with van der Waals surface area (Å²) in [7, 11) is -4.18. The Morgan fingerprint density at radius 2 is 1.40 bits per heavy atom. The van der Waals surface area contributed by atoms with Gasteiger partial charge >= 0.3 is 0 Å². The Balaban J connectivity index is 1.84. The summed E-state index contributed by atoms with van der Waals surface area (Å²) in [6.07, 6.45) is 0.200. The lowest BCUT2D eigenvalue weighted by atomic mass is 10.0. The molecule has 4 aromatic rings. The third kappa shape index (κ3) is 8.87. The van der Waals surface area contributed by atoms with E-state index in [0.29, 0.717) is 26.9 Å². The number of carbonyl (C=O) groups is 2. The minimum Gasteiger partial charge on any atom is -0.350 e. The van der Waals surface area contributed by atoms with Crippen molar-refractivity contribution in [2.45, 2.75) is 57.1 Å². The number of para-hydroxylation sites is 1. The predicted octanol–water partition coefficient (Wildman–Crippen LogP) is 7.05. The molecule has 0 heterocycles. The molecule has 1 N–H and O–H groups in total. The summed E-state index contributed by atoms with van der Waals surface area (Å²) in [6, 6.07) is 28.4. The number of hydrogen-bond acceptors (Lipinski definition) is 4. The van der Waals surface area contributed by atoms with Crippen molar-refractivity contribution in [3.8, 4) is 0 Å². The summed E-state index contributed by atoms with van der Waals surface area (Å²) in [6.45, 7) is 6.82. The number of nitrogens with one attached hydrogen (secondary N) is 1. The molecule has 4 aromatic carbocycles. The number of sulfonamides is 1. The molecule has 236 valence electrons. The van der Waals surface area contributed by atoms with Crippen LogP contribution in [0.25, 0.3) is 0 Å². The molecule has 0 aliphatic heterocycles. The van der Waals surface area contributed by atoms with Gasteiger partial charge < -0.3 is 10.2 Å². The van der Waals surface area contributed by atoms with Crippen molar-refractivity contribution in [2.24, 2.45) is 0 Å². The summed E-state index contributed by atoms with van der Waals surface area (Å²) in [5.74, 6) is -0.929. The van der Waals surface area contributed by atoms with Gasteiger partial charge in [0, 0.05) is 18.5 Å². The van der Waals surface area contributed by atoms with E-state index in [1.54, 1.807) is 67.6 Å². The standard InChI is InChI=1S/C35H37Cl2N3O4S/c1-25-13-11-12-18-31(25)40(45(43,44)28-16-9-6-10-17-28)24-33(41)39(23-27-19-20-29(36)30(37)21-27)32(34(42)38-35(2,3)4)22-26-14-7-5-8-15-26/h5-21,32H,22-24H2,1-4H3,(H,38,42). The molecule has 0 aliphatic rings. The number of amides is 2. The fraction of sp³-hybridized carbons (Fsp3) is 0.257. The Morgan fingerprint density at radius 3 is 2.00 bits per heavy atom. The summed E-state index contributed by atoms with van der Waals surface area (Å²) in [5.41, 5.74) is 1.92. The lowest BCUT2D eigenvalue weighted by molar-refractivity contribution is -0.140. The van der Waals surface area contributed by atoms with E-state index >= 15 is 0 Å². The maximum absolute atomic E-state index is 14.6. The monoisotopic (exact) mass is 665 g/mol. The van der Waals surface area contributed by atoms with Crippen LogP contribution in [0.4, 0.5) is 5.69 Å². The lowest BCUT2D eigenvalue weighted by Gasteiger charge is -2.35. The van der Waals surface area contributed by atoms with Crippen LogP contribution in [0.15, 0.2) is 108 Å². The Morgan fingerprint density at radius 1 is 0.800 bits per heavy atom. The smallest absolute Gasteiger partial charge is 0.264 e. The van der Waals surface area contributed by atoms with Gasteiger partial charge in [0.1, 0.15) is 12.6 Å². The zero-order valence-electron chi connectivity index (χ0n) is 25.7. The van der Waals surface area contributed by atoms with Crippen LogP contribution >= 0.6 is 23.2 Å². The third-order valence-electron chi connectivity index (χ3n) is 7.10. The average molecular weight is 667 g/mol. The van der Waals surface area contributed by atoms with Crippen LogP contribution in [0.1, 0.15) is 37.5 Å². The average Bonchev–Trinajstić information content (AvgIpc) is 3.00. The first kappa shape index (κ1) is 34.0. The molecule has 10 heteroatoms. The fourth-order valence-corrected chi connectivity index (χ4v) is 6.74. The number of benzene rings is 4.